The maximum absolute atomic E-state index is 14.2. The Morgan fingerprint density at radius 1 is 1.11 bits per heavy atom. The van der Waals surface area contributed by atoms with E-state index in [9.17, 15) is 28.0 Å². The number of hydrogen-bond acceptors (Lipinski definition) is 7. The summed E-state index contributed by atoms with van der Waals surface area (Å²) in [6.07, 6.45) is 1.94. The normalized spacial score (nSPS) is 22.0. The SMILES string of the molecule is CCN1C[C@H](C)N2c3c4nn(c(=O)c3C(=O)C2C1=O)Cc1cc(F)c(F)cc1OCCCCCNC4=O. The molecular formula is C25H27F2N5O5. The quantitative estimate of drug-likeness (QED) is 0.573. The Morgan fingerprint density at radius 3 is 2.62 bits per heavy atom. The number of likely N-dealkylation sites (N-methyl/N-ethyl adjacent to an activating group) is 1. The van der Waals surface area contributed by atoms with Gasteiger partial charge in [0.1, 0.15) is 11.3 Å². The molecule has 1 saturated heterocycles. The first kappa shape index (κ1) is 24.8. The molecule has 1 aromatic heterocycles. The van der Waals surface area contributed by atoms with E-state index in [1.165, 1.54) is 4.90 Å². The van der Waals surface area contributed by atoms with Crippen LogP contribution in [0.5, 0.6) is 5.75 Å². The Hall–Kier alpha value is -3.83. The fourth-order valence-electron chi connectivity index (χ4n) is 5.21. The molecule has 4 heterocycles. The molecule has 196 valence electrons. The minimum Gasteiger partial charge on any atom is -0.493 e. The summed E-state index contributed by atoms with van der Waals surface area (Å²) in [5.41, 5.74) is -1.13. The topological polar surface area (TPSA) is 114 Å². The van der Waals surface area contributed by atoms with Gasteiger partial charge in [-0.05, 0) is 39.2 Å². The molecule has 0 radical (unpaired) electrons. The number of benzene rings is 1. The van der Waals surface area contributed by atoms with Crippen LogP contribution in [-0.4, -0.2) is 70.6 Å². The number of anilines is 1. The summed E-state index contributed by atoms with van der Waals surface area (Å²) in [6, 6.07) is 0.203. The van der Waals surface area contributed by atoms with Crippen LogP contribution in [0.3, 0.4) is 0 Å². The molecule has 1 N–H and O–H groups in total. The smallest absolute Gasteiger partial charge is 0.280 e. The monoisotopic (exact) mass is 515 g/mol. The summed E-state index contributed by atoms with van der Waals surface area (Å²) >= 11 is 0. The molecule has 37 heavy (non-hydrogen) atoms. The van der Waals surface area contributed by atoms with E-state index in [1.54, 1.807) is 11.8 Å². The van der Waals surface area contributed by atoms with E-state index >= 15 is 0 Å². The maximum atomic E-state index is 14.2. The van der Waals surface area contributed by atoms with Crippen LogP contribution in [0, 0.1) is 11.6 Å². The predicted molar refractivity (Wildman–Crippen MR) is 128 cm³/mol. The number of amides is 2. The van der Waals surface area contributed by atoms with Gasteiger partial charge in [0, 0.05) is 37.3 Å². The van der Waals surface area contributed by atoms with Crippen LogP contribution >= 0.6 is 0 Å². The highest BCUT2D eigenvalue weighted by molar-refractivity contribution is 6.24. The van der Waals surface area contributed by atoms with Gasteiger partial charge in [-0.25, -0.2) is 13.5 Å². The molecule has 2 atom stereocenters. The molecular weight excluding hydrogens is 488 g/mol. The van der Waals surface area contributed by atoms with Gasteiger partial charge in [0.2, 0.25) is 5.78 Å². The first-order chi connectivity index (χ1) is 17.7. The molecule has 2 aromatic rings. The van der Waals surface area contributed by atoms with E-state index in [1.807, 2.05) is 6.92 Å². The first-order valence-electron chi connectivity index (χ1n) is 12.4. The van der Waals surface area contributed by atoms with Gasteiger partial charge in [-0.1, -0.05) is 0 Å². The van der Waals surface area contributed by atoms with Crippen LogP contribution in [0.15, 0.2) is 16.9 Å². The molecule has 2 amide bonds. The van der Waals surface area contributed by atoms with E-state index in [-0.39, 0.29) is 47.5 Å². The van der Waals surface area contributed by atoms with Gasteiger partial charge in [-0.15, -0.1) is 0 Å². The fourth-order valence-corrected chi connectivity index (χ4v) is 5.21. The van der Waals surface area contributed by atoms with Crippen LogP contribution in [0.4, 0.5) is 14.5 Å². The van der Waals surface area contributed by atoms with E-state index in [0.717, 1.165) is 16.8 Å². The van der Waals surface area contributed by atoms with Crippen molar-refractivity contribution in [3.8, 4) is 5.75 Å². The Labute approximate surface area is 211 Å². The number of fused-ring (bicyclic) bond motifs is 7. The molecule has 1 unspecified atom stereocenters. The summed E-state index contributed by atoms with van der Waals surface area (Å²) in [7, 11) is 0. The predicted octanol–water partition coefficient (Wildman–Crippen LogP) is 1.48. The highest BCUT2D eigenvalue weighted by atomic mass is 19.2. The molecule has 3 aliphatic rings. The summed E-state index contributed by atoms with van der Waals surface area (Å²) in [4.78, 5) is 56.6. The number of halogens is 2. The number of rotatable bonds is 1. The van der Waals surface area contributed by atoms with Gasteiger partial charge in [0.05, 0.1) is 18.8 Å². The number of piperazine rings is 1. The largest absolute Gasteiger partial charge is 0.493 e. The lowest BCUT2D eigenvalue weighted by atomic mass is 10.0. The zero-order valence-corrected chi connectivity index (χ0v) is 20.6. The maximum Gasteiger partial charge on any atom is 0.280 e. The Bertz CT molecular complexity index is 1360. The average Bonchev–Trinajstić information content (AvgIpc) is 3.18. The second-order valence-corrected chi connectivity index (χ2v) is 9.47. The summed E-state index contributed by atoms with van der Waals surface area (Å²) in [5, 5.41) is 7.08. The zero-order valence-electron chi connectivity index (χ0n) is 20.6. The number of nitrogens with one attached hydrogen (secondary N) is 1. The van der Waals surface area contributed by atoms with Gasteiger partial charge in [-0.2, -0.15) is 5.10 Å². The van der Waals surface area contributed by atoms with Crippen LogP contribution in [0.25, 0.3) is 0 Å². The Balaban J connectivity index is 1.70. The lowest BCUT2D eigenvalue weighted by molar-refractivity contribution is -0.133. The van der Waals surface area contributed by atoms with Crippen LogP contribution in [-0.2, 0) is 11.3 Å². The van der Waals surface area contributed by atoms with E-state index in [0.29, 0.717) is 38.9 Å². The van der Waals surface area contributed by atoms with Crippen molar-refractivity contribution in [2.24, 2.45) is 0 Å². The van der Waals surface area contributed by atoms with Crippen molar-refractivity contribution in [2.75, 3.05) is 31.1 Å². The molecule has 0 spiro atoms. The van der Waals surface area contributed by atoms with E-state index < -0.39 is 40.8 Å². The summed E-state index contributed by atoms with van der Waals surface area (Å²) < 4.78 is 34.7. The third-order valence-corrected chi connectivity index (χ3v) is 7.05. The molecule has 3 aliphatic heterocycles. The highest BCUT2D eigenvalue weighted by Crippen LogP contribution is 2.37. The number of ketones is 1. The van der Waals surface area contributed by atoms with Crippen molar-refractivity contribution in [3.63, 3.8) is 0 Å². The van der Waals surface area contributed by atoms with Crippen LogP contribution in [0.2, 0.25) is 0 Å². The Kier molecular flexibility index (Phi) is 6.42. The highest BCUT2D eigenvalue weighted by Gasteiger charge is 2.52. The second kappa shape index (κ2) is 9.56. The molecule has 0 saturated carbocycles. The Morgan fingerprint density at radius 2 is 1.86 bits per heavy atom. The van der Waals surface area contributed by atoms with Gasteiger partial charge < -0.3 is 19.9 Å². The lowest BCUT2D eigenvalue weighted by Gasteiger charge is -2.42. The number of carbonyl (C=O) groups excluding carboxylic acids is 3. The summed E-state index contributed by atoms with van der Waals surface area (Å²) in [5.74, 6) is -3.93. The minimum atomic E-state index is -1.26. The van der Waals surface area contributed by atoms with Gasteiger partial charge in [0.25, 0.3) is 17.4 Å². The van der Waals surface area contributed by atoms with Gasteiger partial charge in [-0.3, -0.25) is 19.2 Å². The van der Waals surface area contributed by atoms with Crippen LogP contribution < -0.4 is 20.5 Å². The lowest BCUT2D eigenvalue weighted by Crippen LogP contribution is -2.61. The van der Waals surface area contributed by atoms with Crippen molar-refractivity contribution in [3.05, 3.63) is 50.9 Å². The van der Waals surface area contributed by atoms with Crippen molar-refractivity contribution in [2.45, 2.75) is 51.7 Å². The number of aromatic nitrogens is 2. The van der Waals surface area contributed by atoms with Gasteiger partial charge >= 0.3 is 0 Å². The number of nitrogens with zero attached hydrogens (tertiary/aromatic N) is 4. The first-order valence-corrected chi connectivity index (χ1v) is 12.4. The number of carbonyl (C=O) groups is 3. The van der Waals surface area contributed by atoms with Crippen molar-refractivity contribution >= 4 is 23.3 Å². The van der Waals surface area contributed by atoms with E-state index in [2.05, 4.69) is 10.4 Å². The zero-order chi connectivity index (χ0) is 26.4. The standard InChI is InChI=1S/C25H27F2N5O5/c1-3-30-11-13(2)32-20-18(22(33)21(32)25(30)36)24(35)31-12-14-9-15(26)16(27)10-17(14)37-8-6-4-5-7-28-23(34)19(20)29-31/h9-10,13,21H,3-8,11-12H2,1-2H3,(H,28,34)/t13-,21?/m0/s1. The van der Waals surface area contributed by atoms with Crippen molar-refractivity contribution in [1.82, 2.24) is 20.0 Å². The van der Waals surface area contributed by atoms with Gasteiger partial charge in [0.15, 0.2) is 23.4 Å². The molecule has 1 aromatic carbocycles. The molecule has 10 nitrogen and oxygen atoms in total. The number of ether oxygens (including phenoxy) is 1. The van der Waals surface area contributed by atoms with Crippen LogP contribution in [0.1, 0.15) is 59.5 Å². The molecule has 2 bridgehead atoms. The molecule has 12 heteroatoms. The molecule has 0 aliphatic carbocycles. The molecule has 1 fully saturated rings. The van der Waals surface area contributed by atoms with E-state index in [4.69, 9.17) is 4.74 Å². The third-order valence-electron chi connectivity index (χ3n) is 7.05. The summed E-state index contributed by atoms with van der Waals surface area (Å²) in [6.45, 7) is 4.50. The van der Waals surface area contributed by atoms with Crippen molar-refractivity contribution < 1.29 is 27.9 Å². The fraction of sp³-hybridized carbons (Fsp3) is 0.480. The molecule has 5 rings (SSSR count). The number of Topliss-reactive ketones (excluding diaryl/α,β-unsaturated/α-hetero) is 1. The average molecular weight is 516 g/mol. The number of hydrogen-bond donors (Lipinski definition) is 1. The van der Waals surface area contributed by atoms with Crippen molar-refractivity contribution in [1.29, 1.82) is 0 Å². The second-order valence-electron chi connectivity index (χ2n) is 9.47. The minimum absolute atomic E-state index is 0.0409. The third kappa shape index (κ3) is 4.13.